The van der Waals surface area contributed by atoms with E-state index in [-0.39, 0.29) is 23.4 Å². The molecule has 1 rings (SSSR count). The molecule has 0 radical (unpaired) electrons. The van der Waals surface area contributed by atoms with E-state index in [4.69, 9.17) is 20.3 Å². The van der Waals surface area contributed by atoms with Crippen LogP contribution < -0.4 is 0 Å². The molecule has 3 nitrogen and oxygen atoms in total. The molecule has 0 spiro atoms. The topological polar surface area (TPSA) is 27.7 Å². The van der Waals surface area contributed by atoms with E-state index in [9.17, 15) is 0 Å². The predicted octanol–water partition coefficient (Wildman–Crippen LogP) is 4.72. The van der Waals surface area contributed by atoms with Crippen LogP contribution in [0.5, 0.6) is 0 Å². The normalized spacial score (nSPS) is 26.7. The highest BCUT2D eigenvalue weighted by molar-refractivity contribution is 6.74. The van der Waals surface area contributed by atoms with Gasteiger partial charge in [-0.1, -0.05) is 34.1 Å². The maximum Gasteiger partial charge on any atom is 0.192 e. The summed E-state index contributed by atoms with van der Waals surface area (Å²) in [6.07, 6.45) is 8.08. The summed E-state index contributed by atoms with van der Waals surface area (Å²) in [7, 11) is -1.90. The zero-order valence-corrected chi connectivity index (χ0v) is 16.7. The molecule has 3 atom stereocenters. The molecule has 0 aromatic heterocycles. The first kappa shape index (κ1) is 19.7. The van der Waals surface area contributed by atoms with Gasteiger partial charge in [0.15, 0.2) is 14.1 Å². The summed E-state index contributed by atoms with van der Waals surface area (Å²) >= 11 is 0. The van der Waals surface area contributed by atoms with Crippen LogP contribution in [0, 0.1) is 12.3 Å². The van der Waals surface area contributed by atoms with Crippen molar-refractivity contribution in [1.82, 2.24) is 0 Å². The van der Waals surface area contributed by atoms with Crippen LogP contribution in [0.25, 0.3) is 0 Å². The van der Waals surface area contributed by atoms with E-state index in [0.717, 1.165) is 12.8 Å². The third-order valence-corrected chi connectivity index (χ3v) is 9.24. The second-order valence-electron chi connectivity index (χ2n) is 8.25. The molecule has 0 amide bonds. The fourth-order valence-corrected chi connectivity index (χ4v) is 3.91. The van der Waals surface area contributed by atoms with Gasteiger partial charge in [-0.15, -0.1) is 12.3 Å². The lowest BCUT2D eigenvalue weighted by atomic mass is 10.0. The molecule has 128 valence electrons. The molecule has 0 aromatic rings. The third kappa shape index (κ3) is 4.83. The second-order valence-corrected chi connectivity index (χ2v) is 13.0. The van der Waals surface area contributed by atoms with Crippen LogP contribution in [-0.2, 0) is 13.9 Å². The standard InChI is InChI=1S/C18H34O3Si/c1-10-12-14-16(20-18(6,7)19-14)15(13-11-2)21-22(8,9)17(3,4)5/h2,14-16H,10,12-13H2,1,3-9H3/t14-,15+,16+/m1/s1. The molecule has 1 fully saturated rings. The Kier molecular flexibility index (Phi) is 6.31. The van der Waals surface area contributed by atoms with Crippen molar-refractivity contribution in [2.24, 2.45) is 0 Å². The van der Waals surface area contributed by atoms with Crippen molar-refractivity contribution in [3.63, 3.8) is 0 Å². The lowest BCUT2D eigenvalue weighted by molar-refractivity contribution is -0.154. The summed E-state index contributed by atoms with van der Waals surface area (Å²) in [5.41, 5.74) is 0. The summed E-state index contributed by atoms with van der Waals surface area (Å²) in [6.45, 7) is 17.3. The van der Waals surface area contributed by atoms with Crippen molar-refractivity contribution in [3.05, 3.63) is 0 Å². The maximum absolute atomic E-state index is 6.59. The van der Waals surface area contributed by atoms with E-state index >= 15 is 0 Å². The van der Waals surface area contributed by atoms with Crippen molar-refractivity contribution in [2.75, 3.05) is 0 Å². The molecule has 1 heterocycles. The van der Waals surface area contributed by atoms with Gasteiger partial charge in [0.2, 0.25) is 0 Å². The van der Waals surface area contributed by atoms with Gasteiger partial charge in [0.1, 0.15) is 6.10 Å². The Bertz CT molecular complexity index is 404. The molecule has 0 N–H and O–H groups in total. The number of hydrogen-bond donors (Lipinski definition) is 0. The lowest BCUT2D eigenvalue weighted by Crippen LogP contribution is -2.49. The minimum atomic E-state index is -1.90. The van der Waals surface area contributed by atoms with E-state index in [2.05, 4.69) is 46.7 Å². The van der Waals surface area contributed by atoms with E-state index in [0.29, 0.717) is 6.42 Å². The average Bonchev–Trinajstić information content (AvgIpc) is 2.63. The van der Waals surface area contributed by atoms with E-state index in [1.165, 1.54) is 0 Å². The van der Waals surface area contributed by atoms with Crippen molar-refractivity contribution in [3.8, 4) is 12.3 Å². The molecule has 0 unspecified atom stereocenters. The first-order valence-electron chi connectivity index (χ1n) is 8.40. The lowest BCUT2D eigenvalue weighted by Gasteiger charge is -2.40. The zero-order chi connectivity index (χ0) is 17.2. The van der Waals surface area contributed by atoms with E-state index < -0.39 is 14.1 Å². The molecule has 4 heteroatoms. The molecule has 0 saturated carbocycles. The minimum absolute atomic E-state index is 0.0584. The Morgan fingerprint density at radius 1 is 1.27 bits per heavy atom. The highest BCUT2D eigenvalue weighted by Gasteiger charge is 2.48. The maximum atomic E-state index is 6.59. The Morgan fingerprint density at radius 2 is 1.86 bits per heavy atom. The summed E-state index contributed by atoms with van der Waals surface area (Å²) in [5.74, 6) is 2.21. The molecule has 0 bridgehead atoms. The molecular weight excluding hydrogens is 292 g/mol. The SMILES string of the molecule is C#CC[C@H](O[Si](C)(C)C(C)(C)C)[C@H]1OC(C)(C)O[C@@H]1CCC. The second kappa shape index (κ2) is 7.05. The van der Waals surface area contributed by atoms with Crippen LogP contribution in [0.2, 0.25) is 18.1 Å². The van der Waals surface area contributed by atoms with Gasteiger partial charge in [0.25, 0.3) is 0 Å². The molecule has 1 aliphatic rings. The van der Waals surface area contributed by atoms with Gasteiger partial charge < -0.3 is 13.9 Å². The van der Waals surface area contributed by atoms with Crippen LogP contribution in [0.1, 0.15) is 60.8 Å². The fourth-order valence-electron chi connectivity index (χ4n) is 2.58. The smallest absolute Gasteiger partial charge is 0.192 e. The number of ether oxygens (including phenoxy) is 2. The van der Waals surface area contributed by atoms with E-state index in [1.54, 1.807) is 0 Å². The fraction of sp³-hybridized carbons (Fsp3) is 0.889. The van der Waals surface area contributed by atoms with Gasteiger partial charge in [0.05, 0.1) is 12.2 Å². The minimum Gasteiger partial charge on any atom is -0.410 e. The van der Waals surface area contributed by atoms with Gasteiger partial charge in [0, 0.05) is 6.42 Å². The summed E-state index contributed by atoms with van der Waals surface area (Å²) in [4.78, 5) is 0. The van der Waals surface area contributed by atoms with Crippen LogP contribution in [0.4, 0.5) is 0 Å². The molecule has 1 saturated heterocycles. The van der Waals surface area contributed by atoms with E-state index in [1.807, 2.05) is 13.8 Å². The first-order valence-corrected chi connectivity index (χ1v) is 11.3. The van der Waals surface area contributed by atoms with Gasteiger partial charge in [-0.05, 0) is 38.4 Å². The summed E-state index contributed by atoms with van der Waals surface area (Å²) in [6, 6.07) is 0. The van der Waals surface area contributed by atoms with Gasteiger partial charge in [-0.2, -0.15) is 0 Å². The van der Waals surface area contributed by atoms with Crippen LogP contribution >= 0.6 is 0 Å². The zero-order valence-electron chi connectivity index (χ0n) is 15.7. The van der Waals surface area contributed by atoms with Crippen molar-refractivity contribution >= 4 is 8.32 Å². The van der Waals surface area contributed by atoms with Crippen LogP contribution in [0.3, 0.4) is 0 Å². The van der Waals surface area contributed by atoms with Crippen molar-refractivity contribution < 1.29 is 13.9 Å². The van der Waals surface area contributed by atoms with Gasteiger partial charge >= 0.3 is 0 Å². The van der Waals surface area contributed by atoms with Gasteiger partial charge in [-0.3, -0.25) is 0 Å². The Hall–Kier alpha value is -0.343. The summed E-state index contributed by atoms with van der Waals surface area (Å²) < 4.78 is 18.8. The molecular formula is C18H34O3Si. The number of hydrogen-bond acceptors (Lipinski definition) is 3. The third-order valence-electron chi connectivity index (χ3n) is 4.73. The highest BCUT2D eigenvalue weighted by atomic mass is 28.4. The predicted molar refractivity (Wildman–Crippen MR) is 94.3 cm³/mol. The number of rotatable bonds is 6. The molecule has 22 heavy (non-hydrogen) atoms. The summed E-state index contributed by atoms with van der Waals surface area (Å²) in [5, 5.41) is 0.148. The largest absolute Gasteiger partial charge is 0.410 e. The molecule has 0 aliphatic carbocycles. The Balaban J connectivity index is 2.97. The number of terminal acetylenes is 1. The highest BCUT2D eigenvalue weighted by Crippen LogP contribution is 2.40. The monoisotopic (exact) mass is 326 g/mol. The van der Waals surface area contributed by atoms with Crippen LogP contribution in [0.15, 0.2) is 0 Å². The van der Waals surface area contributed by atoms with Gasteiger partial charge in [-0.25, -0.2) is 0 Å². The Labute approximate surface area is 138 Å². The quantitative estimate of drug-likeness (QED) is 0.522. The first-order chi connectivity index (χ1) is 9.93. The molecule has 1 aliphatic heterocycles. The van der Waals surface area contributed by atoms with Crippen LogP contribution in [-0.4, -0.2) is 32.4 Å². The molecule has 0 aromatic carbocycles. The van der Waals surface area contributed by atoms with Crippen molar-refractivity contribution in [1.29, 1.82) is 0 Å². The Morgan fingerprint density at radius 3 is 2.32 bits per heavy atom. The van der Waals surface area contributed by atoms with Crippen molar-refractivity contribution in [2.45, 2.75) is 103 Å². The average molecular weight is 327 g/mol.